The summed E-state index contributed by atoms with van der Waals surface area (Å²) in [4.78, 5) is 4.72. The topological polar surface area (TPSA) is 73.3 Å². The summed E-state index contributed by atoms with van der Waals surface area (Å²) in [7, 11) is 0. The highest BCUT2D eigenvalue weighted by Crippen LogP contribution is 2.32. The molecule has 0 saturated carbocycles. The molecule has 2 N–H and O–H groups in total. The number of hydrogen-bond acceptors (Lipinski definition) is 5. The van der Waals surface area contributed by atoms with Crippen LogP contribution in [0.3, 0.4) is 0 Å². The molecule has 1 aliphatic heterocycles. The minimum Gasteiger partial charge on any atom is -0.454 e. The highest BCUT2D eigenvalue weighted by molar-refractivity contribution is 5.79. The van der Waals surface area contributed by atoms with Crippen LogP contribution in [-0.4, -0.2) is 45.7 Å². The van der Waals surface area contributed by atoms with Crippen molar-refractivity contribution < 1.29 is 18.9 Å². The number of rotatable bonds is 12. The monoisotopic (exact) mass is 427 g/mol. The zero-order chi connectivity index (χ0) is 21.7. The second-order valence-corrected chi connectivity index (χ2v) is 7.13. The lowest BCUT2D eigenvalue weighted by molar-refractivity contribution is 0.0453. The summed E-state index contributed by atoms with van der Waals surface area (Å²) in [5.41, 5.74) is 3.49. The SMILES string of the molecule is CCNC(=NCc1cccc(COCCOCC)c1)NCCc1ccc2c(c1)OCO2. The molecule has 0 saturated heterocycles. The fourth-order valence-electron chi connectivity index (χ4n) is 3.20. The molecule has 168 valence electrons. The molecule has 0 bridgehead atoms. The number of ether oxygens (including phenoxy) is 4. The van der Waals surface area contributed by atoms with Gasteiger partial charge in [0.15, 0.2) is 17.5 Å². The maximum atomic E-state index is 5.66. The average Bonchev–Trinajstić information content (AvgIpc) is 3.26. The molecular weight excluding hydrogens is 394 g/mol. The highest BCUT2D eigenvalue weighted by atomic mass is 16.7. The zero-order valence-corrected chi connectivity index (χ0v) is 18.5. The van der Waals surface area contributed by atoms with Gasteiger partial charge in [0.2, 0.25) is 6.79 Å². The van der Waals surface area contributed by atoms with E-state index in [1.165, 1.54) is 5.56 Å². The average molecular weight is 428 g/mol. The number of hydrogen-bond donors (Lipinski definition) is 2. The molecule has 0 radical (unpaired) electrons. The van der Waals surface area contributed by atoms with Crippen molar-refractivity contribution in [1.29, 1.82) is 0 Å². The van der Waals surface area contributed by atoms with E-state index in [-0.39, 0.29) is 0 Å². The first kappa shape index (κ1) is 22.9. The van der Waals surface area contributed by atoms with Crippen molar-refractivity contribution in [2.75, 3.05) is 39.7 Å². The highest BCUT2D eigenvalue weighted by Gasteiger charge is 2.12. The standard InChI is InChI=1S/C24H33N3O4/c1-3-25-24(26-11-10-19-8-9-22-23(15-19)31-18-30-22)27-16-20-6-5-7-21(14-20)17-29-13-12-28-4-2/h5-9,14-15H,3-4,10-13,16-18H2,1-2H3,(H2,25,26,27). The fourth-order valence-corrected chi connectivity index (χ4v) is 3.20. The van der Waals surface area contributed by atoms with Crippen molar-refractivity contribution >= 4 is 5.96 Å². The van der Waals surface area contributed by atoms with E-state index in [4.69, 9.17) is 23.9 Å². The molecule has 0 unspecified atom stereocenters. The Kier molecular flexibility index (Phi) is 9.47. The molecule has 7 heteroatoms. The number of aliphatic imine (C=N–C) groups is 1. The molecule has 0 fully saturated rings. The summed E-state index contributed by atoms with van der Waals surface area (Å²) in [6.07, 6.45) is 0.871. The van der Waals surface area contributed by atoms with Gasteiger partial charge in [-0.25, -0.2) is 4.99 Å². The Bertz CT molecular complexity index is 841. The van der Waals surface area contributed by atoms with E-state index in [0.29, 0.717) is 33.2 Å². The molecule has 0 aromatic heterocycles. The van der Waals surface area contributed by atoms with Gasteiger partial charge in [-0.1, -0.05) is 30.3 Å². The van der Waals surface area contributed by atoms with Crippen molar-refractivity contribution in [3.05, 3.63) is 59.2 Å². The molecule has 1 aliphatic rings. The summed E-state index contributed by atoms with van der Waals surface area (Å²) in [6, 6.07) is 14.4. The number of fused-ring (bicyclic) bond motifs is 1. The van der Waals surface area contributed by atoms with Crippen LogP contribution >= 0.6 is 0 Å². The second-order valence-electron chi connectivity index (χ2n) is 7.13. The smallest absolute Gasteiger partial charge is 0.231 e. The van der Waals surface area contributed by atoms with E-state index in [1.54, 1.807) is 0 Å². The summed E-state index contributed by atoms with van der Waals surface area (Å²) in [6.45, 7) is 9.07. The molecule has 0 amide bonds. The molecule has 31 heavy (non-hydrogen) atoms. The van der Waals surface area contributed by atoms with Crippen LogP contribution in [0.2, 0.25) is 0 Å². The van der Waals surface area contributed by atoms with Gasteiger partial charge >= 0.3 is 0 Å². The van der Waals surface area contributed by atoms with Crippen molar-refractivity contribution in [3.8, 4) is 11.5 Å². The van der Waals surface area contributed by atoms with Crippen molar-refractivity contribution in [2.45, 2.75) is 33.4 Å². The van der Waals surface area contributed by atoms with Gasteiger partial charge < -0.3 is 29.6 Å². The summed E-state index contributed by atoms with van der Waals surface area (Å²) >= 11 is 0. The van der Waals surface area contributed by atoms with Gasteiger partial charge in [0.05, 0.1) is 26.4 Å². The first-order valence-corrected chi connectivity index (χ1v) is 10.9. The van der Waals surface area contributed by atoms with Crippen LogP contribution < -0.4 is 20.1 Å². The number of nitrogens with zero attached hydrogens (tertiary/aromatic N) is 1. The molecule has 1 heterocycles. The van der Waals surface area contributed by atoms with Crippen LogP contribution in [0.25, 0.3) is 0 Å². The Balaban J connectivity index is 1.47. The van der Waals surface area contributed by atoms with Gasteiger partial charge in [0.25, 0.3) is 0 Å². The van der Waals surface area contributed by atoms with Crippen molar-refractivity contribution in [3.63, 3.8) is 0 Å². The van der Waals surface area contributed by atoms with E-state index >= 15 is 0 Å². The predicted molar refractivity (Wildman–Crippen MR) is 122 cm³/mol. The van der Waals surface area contributed by atoms with E-state index in [2.05, 4.69) is 41.8 Å². The first-order valence-electron chi connectivity index (χ1n) is 10.9. The molecule has 0 aliphatic carbocycles. The Hall–Kier alpha value is -2.77. The number of nitrogens with one attached hydrogen (secondary N) is 2. The molecular formula is C24H33N3O4. The molecule has 7 nitrogen and oxygen atoms in total. The van der Waals surface area contributed by atoms with E-state index < -0.39 is 0 Å². The Morgan fingerprint density at radius 1 is 0.935 bits per heavy atom. The largest absolute Gasteiger partial charge is 0.454 e. The third-order valence-electron chi connectivity index (χ3n) is 4.74. The summed E-state index contributed by atoms with van der Waals surface area (Å²) in [5.74, 6) is 2.44. The Morgan fingerprint density at radius 3 is 2.65 bits per heavy atom. The van der Waals surface area contributed by atoms with E-state index in [0.717, 1.165) is 54.7 Å². The first-order chi connectivity index (χ1) is 15.3. The third-order valence-corrected chi connectivity index (χ3v) is 4.74. The van der Waals surface area contributed by atoms with Crippen LogP contribution in [-0.2, 0) is 29.0 Å². The molecule has 2 aromatic carbocycles. The van der Waals surface area contributed by atoms with Gasteiger partial charge in [-0.2, -0.15) is 0 Å². The van der Waals surface area contributed by atoms with Gasteiger partial charge in [-0.3, -0.25) is 0 Å². The lowest BCUT2D eigenvalue weighted by atomic mass is 10.1. The minimum absolute atomic E-state index is 0.300. The van der Waals surface area contributed by atoms with Gasteiger partial charge in [-0.15, -0.1) is 0 Å². The maximum Gasteiger partial charge on any atom is 0.231 e. The van der Waals surface area contributed by atoms with Crippen molar-refractivity contribution in [2.24, 2.45) is 4.99 Å². The third kappa shape index (κ3) is 7.77. The molecule has 2 aromatic rings. The van der Waals surface area contributed by atoms with E-state index in [9.17, 15) is 0 Å². The Labute approximate surface area is 184 Å². The maximum absolute atomic E-state index is 5.66. The number of benzene rings is 2. The molecule has 0 spiro atoms. The van der Waals surface area contributed by atoms with Crippen LogP contribution in [0.4, 0.5) is 0 Å². The molecule has 3 rings (SSSR count). The zero-order valence-electron chi connectivity index (χ0n) is 18.5. The van der Waals surface area contributed by atoms with Gasteiger partial charge in [0.1, 0.15) is 0 Å². The molecule has 0 atom stereocenters. The quantitative estimate of drug-likeness (QED) is 0.308. The second kappa shape index (κ2) is 12.8. The summed E-state index contributed by atoms with van der Waals surface area (Å²) in [5, 5.41) is 6.71. The lowest BCUT2D eigenvalue weighted by Crippen LogP contribution is -2.38. The van der Waals surface area contributed by atoms with Crippen LogP contribution in [0, 0.1) is 0 Å². The minimum atomic E-state index is 0.300. The summed E-state index contributed by atoms with van der Waals surface area (Å²) < 4.78 is 21.8. The van der Waals surface area contributed by atoms with Crippen LogP contribution in [0.1, 0.15) is 30.5 Å². The predicted octanol–water partition coefficient (Wildman–Crippen LogP) is 3.27. The van der Waals surface area contributed by atoms with Gasteiger partial charge in [0, 0.05) is 19.7 Å². The lowest BCUT2D eigenvalue weighted by Gasteiger charge is -2.12. The number of guanidine groups is 1. The van der Waals surface area contributed by atoms with Gasteiger partial charge in [-0.05, 0) is 49.1 Å². The van der Waals surface area contributed by atoms with E-state index in [1.807, 2.05) is 25.1 Å². The fraction of sp³-hybridized carbons (Fsp3) is 0.458. The normalized spacial score (nSPS) is 12.8. The van der Waals surface area contributed by atoms with Crippen LogP contribution in [0.5, 0.6) is 11.5 Å². The van der Waals surface area contributed by atoms with Crippen molar-refractivity contribution in [1.82, 2.24) is 10.6 Å². The van der Waals surface area contributed by atoms with Crippen LogP contribution in [0.15, 0.2) is 47.5 Å². The Morgan fingerprint density at radius 2 is 1.77 bits per heavy atom.